The molecule has 0 aliphatic heterocycles. The first-order chi connectivity index (χ1) is 9.81. The van der Waals surface area contributed by atoms with Crippen LogP contribution in [0.25, 0.3) is 0 Å². The summed E-state index contributed by atoms with van der Waals surface area (Å²) in [6, 6.07) is 0. The summed E-state index contributed by atoms with van der Waals surface area (Å²) in [5.41, 5.74) is 0. The van der Waals surface area contributed by atoms with Gasteiger partial charge in [-0.3, -0.25) is 4.79 Å². The minimum Gasteiger partial charge on any atom is -0.463 e. The summed E-state index contributed by atoms with van der Waals surface area (Å²) >= 11 is 0. The number of rotatable bonds is 15. The highest BCUT2D eigenvalue weighted by Gasteiger charge is 2.02. The average molecular weight is 286 g/mol. The Bertz CT molecular complexity index is 229. The molecule has 20 heavy (non-hydrogen) atoms. The van der Waals surface area contributed by atoms with E-state index in [2.05, 4.69) is 13.5 Å². The quantitative estimate of drug-likeness (QED) is 0.262. The molecule has 0 aromatic rings. The maximum Gasteiger partial charge on any atom is 0.305 e. The Kier molecular flexibility index (Phi) is 15.5. The third kappa shape index (κ3) is 15.2. The first kappa shape index (κ1) is 19.1. The lowest BCUT2D eigenvalue weighted by molar-refractivity contribution is -0.145. The van der Waals surface area contributed by atoms with Crippen LogP contribution in [0.4, 0.5) is 0 Å². The number of carbonyl (C=O) groups excluding carboxylic acids is 1. The predicted octanol–water partition coefficient (Wildman–Crippen LogP) is 3.50. The van der Waals surface area contributed by atoms with Gasteiger partial charge in [-0.2, -0.15) is 0 Å². The van der Waals surface area contributed by atoms with Gasteiger partial charge in [-0.05, 0) is 6.42 Å². The molecule has 0 saturated heterocycles. The lowest BCUT2D eigenvalue weighted by Crippen LogP contribution is -2.12. The molecule has 4 heteroatoms. The van der Waals surface area contributed by atoms with E-state index in [4.69, 9.17) is 14.2 Å². The van der Waals surface area contributed by atoms with Crippen LogP contribution in [-0.2, 0) is 19.0 Å². The smallest absolute Gasteiger partial charge is 0.305 e. The standard InChI is InChI=1S/C16H30O4/c1-3-5-6-7-8-9-10-16(17)20-15-14-19-13-12-18-11-4-2/h4H,2-3,5-15H2,1H3. The number of unbranched alkanes of at least 4 members (excludes halogenated alkanes) is 5. The molecule has 0 fully saturated rings. The first-order valence-electron chi connectivity index (χ1n) is 7.73. The highest BCUT2D eigenvalue weighted by molar-refractivity contribution is 5.69. The molecule has 4 nitrogen and oxygen atoms in total. The summed E-state index contributed by atoms with van der Waals surface area (Å²) < 4.78 is 15.5. The monoisotopic (exact) mass is 286 g/mol. The zero-order valence-corrected chi connectivity index (χ0v) is 12.9. The largest absolute Gasteiger partial charge is 0.463 e. The van der Waals surface area contributed by atoms with Gasteiger partial charge in [-0.15, -0.1) is 6.58 Å². The molecule has 0 unspecified atom stereocenters. The second kappa shape index (κ2) is 16.2. The Morgan fingerprint density at radius 2 is 1.60 bits per heavy atom. The second-order valence-corrected chi connectivity index (χ2v) is 4.71. The molecule has 0 saturated carbocycles. The minimum absolute atomic E-state index is 0.119. The van der Waals surface area contributed by atoms with Crippen LogP contribution in [0, 0.1) is 0 Å². The molecule has 0 radical (unpaired) electrons. The van der Waals surface area contributed by atoms with Gasteiger partial charge in [0.2, 0.25) is 0 Å². The zero-order valence-electron chi connectivity index (χ0n) is 12.9. The number of hydrogen-bond acceptors (Lipinski definition) is 4. The summed E-state index contributed by atoms with van der Waals surface area (Å²) in [7, 11) is 0. The van der Waals surface area contributed by atoms with E-state index in [1.807, 2.05) is 0 Å². The van der Waals surface area contributed by atoms with E-state index in [-0.39, 0.29) is 5.97 Å². The van der Waals surface area contributed by atoms with Gasteiger partial charge in [0.25, 0.3) is 0 Å². The van der Waals surface area contributed by atoms with E-state index >= 15 is 0 Å². The fourth-order valence-corrected chi connectivity index (χ4v) is 1.72. The highest BCUT2D eigenvalue weighted by atomic mass is 16.6. The molecule has 0 atom stereocenters. The van der Waals surface area contributed by atoms with Crippen molar-refractivity contribution in [2.75, 3.05) is 33.0 Å². The van der Waals surface area contributed by atoms with E-state index in [9.17, 15) is 4.79 Å². The summed E-state index contributed by atoms with van der Waals surface area (Å²) in [5, 5.41) is 0. The molecule has 0 spiro atoms. The van der Waals surface area contributed by atoms with Crippen molar-refractivity contribution in [2.45, 2.75) is 51.9 Å². The van der Waals surface area contributed by atoms with Gasteiger partial charge in [-0.25, -0.2) is 0 Å². The lowest BCUT2D eigenvalue weighted by Gasteiger charge is -2.06. The first-order valence-corrected chi connectivity index (χ1v) is 7.73. The van der Waals surface area contributed by atoms with Crippen LogP contribution in [-0.4, -0.2) is 39.0 Å². The van der Waals surface area contributed by atoms with Crippen molar-refractivity contribution in [1.82, 2.24) is 0 Å². The molecule has 0 heterocycles. The number of ether oxygens (including phenoxy) is 3. The normalized spacial score (nSPS) is 10.4. The summed E-state index contributed by atoms with van der Waals surface area (Å²) in [6.45, 7) is 8.10. The summed E-state index contributed by atoms with van der Waals surface area (Å²) in [6.07, 6.45) is 9.30. The van der Waals surface area contributed by atoms with E-state index in [1.165, 1.54) is 25.7 Å². The molecule has 0 bridgehead atoms. The Labute approximate surface area is 123 Å². The third-order valence-electron chi connectivity index (χ3n) is 2.83. The van der Waals surface area contributed by atoms with Crippen molar-refractivity contribution in [3.05, 3.63) is 12.7 Å². The van der Waals surface area contributed by atoms with Crippen molar-refractivity contribution in [3.63, 3.8) is 0 Å². The molecule has 0 aromatic carbocycles. The maximum absolute atomic E-state index is 11.4. The van der Waals surface area contributed by atoms with Gasteiger partial charge in [0, 0.05) is 6.42 Å². The second-order valence-electron chi connectivity index (χ2n) is 4.71. The Morgan fingerprint density at radius 1 is 0.950 bits per heavy atom. The predicted molar refractivity (Wildman–Crippen MR) is 80.8 cm³/mol. The van der Waals surface area contributed by atoms with E-state index in [0.29, 0.717) is 39.5 Å². The van der Waals surface area contributed by atoms with Gasteiger partial charge in [0.05, 0.1) is 26.4 Å². The Hall–Kier alpha value is -0.870. The van der Waals surface area contributed by atoms with Crippen molar-refractivity contribution in [2.24, 2.45) is 0 Å². The van der Waals surface area contributed by atoms with Gasteiger partial charge < -0.3 is 14.2 Å². The third-order valence-corrected chi connectivity index (χ3v) is 2.83. The molecular formula is C16H30O4. The Morgan fingerprint density at radius 3 is 2.35 bits per heavy atom. The van der Waals surface area contributed by atoms with Crippen LogP contribution in [0.2, 0.25) is 0 Å². The van der Waals surface area contributed by atoms with Crippen molar-refractivity contribution in [1.29, 1.82) is 0 Å². The summed E-state index contributed by atoms with van der Waals surface area (Å²) in [5.74, 6) is -0.119. The van der Waals surface area contributed by atoms with E-state index < -0.39 is 0 Å². The van der Waals surface area contributed by atoms with Crippen LogP contribution in [0.5, 0.6) is 0 Å². The molecule has 0 aliphatic carbocycles. The number of hydrogen-bond donors (Lipinski definition) is 0. The van der Waals surface area contributed by atoms with E-state index in [1.54, 1.807) is 6.08 Å². The number of carbonyl (C=O) groups is 1. The number of esters is 1. The van der Waals surface area contributed by atoms with Gasteiger partial charge >= 0.3 is 5.97 Å². The van der Waals surface area contributed by atoms with E-state index in [0.717, 1.165) is 12.8 Å². The highest BCUT2D eigenvalue weighted by Crippen LogP contribution is 2.07. The van der Waals surface area contributed by atoms with Crippen molar-refractivity contribution in [3.8, 4) is 0 Å². The fourth-order valence-electron chi connectivity index (χ4n) is 1.72. The molecule has 0 N–H and O–H groups in total. The van der Waals surface area contributed by atoms with Gasteiger partial charge in [0.1, 0.15) is 6.61 Å². The zero-order chi connectivity index (χ0) is 14.9. The minimum atomic E-state index is -0.119. The molecule has 0 amide bonds. The van der Waals surface area contributed by atoms with Crippen LogP contribution in [0.3, 0.4) is 0 Å². The van der Waals surface area contributed by atoms with Gasteiger partial charge in [-0.1, -0.05) is 45.1 Å². The van der Waals surface area contributed by atoms with Crippen molar-refractivity contribution >= 4 is 5.97 Å². The fraction of sp³-hybridized carbons (Fsp3) is 0.812. The van der Waals surface area contributed by atoms with Crippen LogP contribution in [0.1, 0.15) is 51.9 Å². The molecule has 0 aromatic heterocycles. The summed E-state index contributed by atoms with van der Waals surface area (Å²) in [4.78, 5) is 11.4. The maximum atomic E-state index is 11.4. The molecule has 0 aliphatic rings. The molecular weight excluding hydrogens is 256 g/mol. The van der Waals surface area contributed by atoms with Gasteiger partial charge in [0.15, 0.2) is 0 Å². The molecule has 118 valence electrons. The SMILES string of the molecule is C=CCOCCOCCOC(=O)CCCCCCCC. The lowest BCUT2D eigenvalue weighted by atomic mass is 10.1. The molecule has 0 rings (SSSR count). The Balaban J connectivity index is 3.14. The average Bonchev–Trinajstić information content (AvgIpc) is 2.45. The van der Waals surface area contributed by atoms with Crippen LogP contribution >= 0.6 is 0 Å². The van der Waals surface area contributed by atoms with Crippen LogP contribution in [0.15, 0.2) is 12.7 Å². The van der Waals surface area contributed by atoms with Crippen molar-refractivity contribution < 1.29 is 19.0 Å². The topological polar surface area (TPSA) is 44.8 Å². The van der Waals surface area contributed by atoms with Crippen LogP contribution < -0.4 is 0 Å².